The van der Waals surface area contributed by atoms with E-state index in [9.17, 15) is 8.78 Å². The Hall–Kier alpha value is -1.27. The number of aromatic nitrogens is 3. The summed E-state index contributed by atoms with van der Waals surface area (Å²) in [6, 6.07) is -0.270. The Kier molecular flexibility index (Phi) is 2.94. The number of anilines is 1. The van der Waals surface area contributed by atoms with E-state index in [4.69, 9.17) is 23.2 Å². The summed E-state index contributed by atoms with van der Waals surface area (Å²) in [5, 5.41) is -0.0508. The van der Waals surface area contributed by atoms with Gasteiger partial charge in [-0.1, -0.05) is 11.6 Å². The van der Waals surface area contributed by atoms with E-state index >= 15 is 0 Å². The van der Waals surface area contributed by atoms with Crippen molar-refractivity contribution in [3.05, 3.63) is 22.5 Å². The Morgan fingerprint density at radius 2 is 2.05 bits per heavy atom. The maximum atomic E-state index is 13.9. The minimum atomic E-state index is -0.904. The smallest absolute Gasteiger partial charge is 0.225 e. The second kappa shape index (κ2) is 4.38. The molecule has 2 heterocycles. The second-order valence-electron chi connectivity index (χ2n) is 4.37. The van der Waals surface area contributed by atoms with Crippen molar-refractivity contribution in [2.45, 2.75) is 18.6 Å². The van der Waals surface area contributed by atoms with Crippen LogP contribution >= 0.6 is 23.2 Å². The van der Waals surface area contributed by atoms with Crippen molar-refractivity contribution < 1.29 is 8.78 Å². The van der Waals surface area contributed by atoms with Crippen LogP contribution < -0.4 is 4.90 Å². The van der Waals surface area contributed by atoms with Crippen LogP contribution in [-0.4, -0.2) is 34.2 Å². The van der Waals surface area contributed by atoms with Gasteiger partial charge in [0.05, 0.1) is 11.4 Å². The molecule has 0 unspecified atom stereocenters. The number of fused-ring (bicyclic) bond motifs is 1. The van der Waals surface area contributed by atoms with Crippen LogP contribution in [0.2, 0.25) is 10.4 Å². The zero-order chi connectivity index (χ0) is 13.7. The minimum Gasteiger partial charge on any atom is -0.353 e. The quantitative estimate of drug-likeness (QED) is 0.632. The van der Waals surface area contributed by atoms with Gasteiger partial charge in [-0.3, -0.25) is 0 Å². The highest BCUT2D eigenvalue weighted by atomic mass is 35.5. The number of alkyl halides is 1. The molecule has 100 valence electrons. The molecule has 1 aliphatic carbocycles. The molecule has 0 N–H and O–H groups in total. The molecule has 4 nitrogen and oxygen atoms in total. The summed E-state index contributed by atoms with van der Waals surface area (Å²) in [5.41, 5.74) is -0.0158. The van der Waals surface area contributed by atoms with Crippen molar-refractivity contribution >= 4 is 39.9 Å². The maximum absolute atomic E-state index is 13.9. The standard InChI is InChI=1S/C11H8Cl2F2N4/c1-19(6-2-5(6)14)10-4-3-16-9(12)7(15)8(4)17-11(13)18-10/h3,5-6H,2H2,1H3/t5-,6-/m0/s1. The summed E-state index contributed by atoms with van der Waals surface area (Å²) < 4.78 is 27.0. The first-order valence-electron chi connectivity index (χ1n) is 5.53. The van der Waals surface area contributed by atoms with Crippen molar-refractivity contribution in [2.75, 3.05) is 11.9 Å². The first kappa shape index (κ1) is 12.7. The number of hydrogen-bond acceptors (Lipinski definition) is 4. The number of halogens is 4. The lowest BCUT2D eigenvalue weighted by Gasteiger charge is -2.19. The number of hydrogen-bond donors (Lipinski definition) is 0. The topological polar surface area (TPSA) is 41.9 Å². The van der Waals surface area contributed by atoms with Crippen LogP contribution in [0.1, 0.15) is 6.42 Å². The van der Waals surface area contributed by atoms with Crippen molar-refractivity contribution in [1.82, 2.24) is 15.0 Å². The first-order chi connectivity index (χ1) is 8.99. The van der Waals surface area contributed by atoms with E-state index in [0.717, 1.165) is 0 Å². The monoisotopic (exact) mass is 304 g/mol. The fraction of sp³-hybridized carbons (Fsp3) is 0.364. The van der Waals surface area contributed by atoms with Gasteiger partial charge in [-0.05, 0) is 11.6 Å². The zero-order valence-corrected chi connectivity index (χ0v) is 11.3. The number of pyridine rings is 1. The lowest BCUT2D eigenvalue weighted by molar-refractivity contribution is 0.464. The first-order valence-corrected chi connectivity index (χ1v) is 6.28. The van der Waals surface area contributed by atoms with E-state index in [1.165, 1.54) is 6.20 Å². The summed E-state index contributed by atoms with van der Waals surface area (Å²) >= 11 is 11.4. The Balaban J connectivity index is 2.21. The zero-order valence-electron chi connectivity index (χ0n) is 9.74. The highest BCUT2D eigenvalue weighted by molar-refractivity contribution is 6.30. The Bertz CT molecular complexity index is 667. The highest BCUT2D eigenvalue weighted by Gasteiger charge is 2.42. The third-order valence-corrected chi connectivity index (χ3v) is 3.54. The van der Waals surface area contributed by atoms with Crippen LogP contribution in [0.5, 0.6) is 0 Å². The average molecular weight is 305 g/mol. The molecule has 19 heavy (non-hydrogen) atoms. The predicted molar refractivity (Wildman–Crippen MR) is 69.0 cm³/mol. The minimum absolute atomic E-state index is 0.0158. The molecular weight excluding hydrogens is 297 g/mol. The van der Waals surface area contributed by atoms with Gasteiger partial charge >= 0.3 is 0 Å². The number of rotatable bonds is 2. The Morgan fingerprint density at radius 3 is 2.68 bits per heavy atom. The Labute approximate surface area is 117 Å². The normalized spacial score (nSPS) is 21.7. The average Bonchev–Trinajstić information content (AvgIpc) is 3.10. The lowest BCUT2D eigenvalue weighted by atomic mass is 10.2. The van der Waals surface area contributed by atoms with Crippen LogP contribution in [0.3, 0.4) is 0 Å². The largest absolute Gasteiger partial charge is 0.353 e. The summed E-state index contributed by atoms with van der Waals surface area (Å²) in [7, 11) is 1.68. The van der Waals surface area contributed by atoms with E-state index in [1.54, 1.807) is 11.9 Å². The third-order valence-electron chi connectivity index (χ3n) is 3.11. The van der Waals surface area contributed by atoms with Gasteiger partial charge in [0.2, 0.25) is 5.28 Å². The molecule has 0 spiro atoms. The van der Waals surface area contributed by atoms with Crippen molar-refractivity contribution in [3.63, 3.8) is 0 Å². The number of nitrogens with zero attached hydrogens (tertiary/aromatic N) is 4. The molecular formula is C11H8Cl2F2N4. The molecule has 0 amide bonds. The molecule has 2 aromatic heterocycles. The van der Waals surface area contributed by atoms with Crippen LogP contribution in [0, 0.1) is 5.82 Å². The fourth-order valence-electron chi connectivity index (χ4n) is 1.97. The molecule has 2 aromatic rings. The summed E-state index contributed by atoms with van der Waals surface area (Å²) in [6.45, 7) is 0. The van der Waals surface area contributed by atoms with Gasteiger partial charge in [0.1, 0.15) is 17.5 Å². The van der Waals surface area contributed by atoms with Crippen LogP contribution in [0.15, 0.2) is 6.20 Å². The molecule has 2 atom stereocenters. The van der Waals surface area contributed by atoms with Gasteiger partial charge < -0.3 is 4.90 Å². The van der Waals surface area contributed by atoms with Gasteiger partial charge in [-0.2, -0.15) is 4.98 Å². The molecule has 1 aliphatic rings. The molecule has 1 saturated carbocycles. The van der Waals surface area contributed by atoms with Crippen LogP contribution in [0.4, 0.5) is 14.6 Å². The molecule has 0 aliphatic heterocycles. The summed E-state index contributed by atoms with van der Waals surface area (Å²) in [4.78, 5) is 13.2. The molecule has 0 bridgehead atoms. The predicted octanol–water partition coefficient (Wildman–Crippen LogP) is 3.02. The van der Waals surface area contributed by atoms with E-state index < -0.39 is 12.0 Å². The molecule has 3 rings (SSSR count). The van der Waals surface area contributed by atoms with E-state index in [1.807, 2.05) is 0 Å². The second-order valence-corrected chi connectivity index (χ2v) is 5.07. The van der Waals surface area contributed by atoms with Crippen molar-refractivity contribution in [3.8, 4) is 0 Å². The molecule has 0 saturated heterocycles. The van der Waals surface area contributed by atoms with Crippen LogP contribution in [-0.2, 0) is 0 Å². The maximum Gasteiger partial charge on any atom is 0.225 e. The van der Waals surface area contributed by atoms with Crippen molar-refractivity contribution in [2.24, 2.45) is 0 Å². The molecule has 0 radical (unpaired) electrons. The lowest BCUT2D eigenvalue weighted by Crippen LogP contribution is -2.23. The van der Waals surface area contributed by atoms with Gasteiger partial charge in [0, 0.05) is 19.7 Å². The van der Waals surface area contributed by atoms with E-state index in [0.29, 0.717) is 17.6 Å². The third kappa shape index (κ3) is 2.08. The summed E-state index contributed by atoms with van der Waals surface area (Å²) in [6.07, 6.45) is 0.876. The fourth-order valence-corrected chi connectivity index (χ4v) is 2.27. The van der Waals surface area contributed by atoms with E-state index in [2.05, 4.69) is 15.0 Å². The Morgan fingerprint density at radius 1 is 1.37 bits per heavy atom. The van der Waals surface area contributed by atoms with Gasteiger partial charge in [-0.25, -0.2) is 18.7 Å². The highest BCUT2D eigenvalue weighted by Crippen LogP contribution is 2.36. The van der Waals surface area contributed by atoms with Crippen LogP contribution in [0.25, 0.3) is 10.9 Å². The SMILES string of the molecule is CN(c1nc(Cl)nc2c(F)c(Cl)ncc12)[C@H]1C[C@@H]1F. The molecule has 8 heteroatoms. The molecule has 1 fully saturated rings. The molecule has 0 aromatic carbocycles. The summed E-state index contributed by atoms with van der Waals surface area (Å²) in [5.74, 6) is -0.408. The van der Waals surface area contributed by atoms with Gasteiger partial charge in [0.15, 0.2) is 11.0 Å². The van der Waals surface area contributed by atoms with Crippen molar-refractivity contribution in [1.29, 1.82) is 0 Å². The van der Waals surface area contributed by atoms with Gasteiger partial charge in [0.25, 0.3) is 0 Å². The van der Waals surface area contributed by atoms with Gasteiger partial charge in [-0.15, -0.1) is 0 Å². The van der Waals surface area contributed by atoms with E-state index in [-0.39, 0.29) is 22.0 Å².